The molecule has 0 radical (unpaired) electrons. The Kier molecular flexibility index (Phi) is 6.11. The van der Waals surface area contributed by atoms with Crippen LogP contribution in [-0.2, 0) is 11.2 Å². The van der Waals surface area contributed by atoms with Gasteiger partial charge in [0.15, 0.2) is 0 Å². The van der Waals surface area contributed by atoms with Crippen LogP contribution in [0.2, 0.25) is 5.02 Å². The SMILES string of the molecule is NNC(CCCC1CCCO1)Cc1ccccc1Cl. The van der Waals surface area contributed by atoms with Crippen LogP contribution in [0.5, 0.6) is 0 Å². The first kappa shape index (κ1) is 14.8. The van der Waals surface area contributed by atoms with Gasteiger partial charge >= 0.3 is 0 Å². The van der Waals surface area contributed by atoms with Crippen LogP contribution >= 0.6 is 11.6 Å². The Morgan fingerprint density at radius 2 is 2.26 bits per heavy atom. The standard InChI is InChI=1S/C15H23ClN2O/c16-15-9-2-1-5-12(15)11-13(18-17)6-3-7-14-8-4-10-19-14/h1-2,5,9,13-14,18H,3-4,6-8,10-11,17H2. The monoisotopic (exact) mass is 282 g/mol. The summed E-state index contributed by atoms with van der Waals surface area (Å²) in [6.45, 7) is 0.933. The molecule has 2 atom stereocenters. The molecule has 0 bridgehead atoms. The summed E-state index contributed by atoms with van der Waals surface area (Å²) in [5.41, 5.74) is 4.06. The molecule has 2 unspecified atom stereocenters. The molecule has 1 saturated heterocycles. The van der Waals surface area contributed by atoms with Gasteiger partial charge < -0.3 is 4.74 Å². The Labute approximate surface area is 120 Å². The highest BCUT2D eigenvalue weighted by molar-refractivity contribution is 6.31. The van der Waals surface area contributed by atoms with Crippen LogP contribution in [0.1, 0.15) is 37.7 Å². The zero-order valence-electron chi connectivity index (χ0n) is 11.3. The topological polar surface area (TPSA) is 47.3 Å². The second kappa shape index (κ2) is 7.85. The van der Waals surface area contributed by atoms with Gasteiger partial charge in [-0.3, -0.25) is 11.3 Å². The van der Waals surface area contributed by atoms with E-state index in [1.807, 2.05) is 18.2 Å². The highest BCUT2D eigenvalue weighted by Gasteiger charge is 2.16. The van der Waals surface area contributed by atoms with Gasteiger partial charge in [0.1, 0.15) is 0 Å². The first-order valence-corrected chi connectivity index (χ1v) is 7.48. The lowest BCUT2D eigenvalue weighted by atomic mass is 10.00. The van der Waals surface area contributed by atoms with E-state index in [-0.39, 0.29) is 6.04 Å². The van der Waals surface area contributed by atoms with Gasteiger partial charge in [0.2, 0.25) is 0 Å². The molecule has 0 amide bonds. The van der Waals surface area contributed by atoms with Gasteiger partial charge in [0.25, 0.3) is 0 Å². The van der Waals surface area contributed by atoms with Crippen molar-refractivity contribution in [1.29, 1.82) is 0 Å². The third kappa shape index (κ3) is 4.77. The first-order valence-electron chi connectivity index (χ1n) is 7.10. The largest absolute Gasteiger partial charge is 0.378 e. The van der Waals surface area contributed by atoms with E-state index in [1.54, 1.807) is 0 Å². The van der Waals surface area contributed by atoms with E-state index in [0.29, 0.717) is 6.10 Å². The normalized spacial score (nSPS) is 20.6. The molecule has 1 aromatic rings. The van der Waals surface area contributed by atoms with Crippen LogP contribution in [0.15, 0.2) is 24.3 Å². The van der Waals surface area contributed by atoms with Gasteiger partial charge in [0.05, 0.1) is 6.10 Å². The van der Waals surface area contributed by atoms with Crippen molar-refractivity contribution in [3.63, 3.8) is 0 Å². The lowest BCUT2D eigenvalue weighted by molar-refractivity contribution is 0.101. The smallest absolute Gasteiger partial charge is 0.0576 e. The number of rotatable bonds is 7. The number of hydrogen-bond acceptors (Lipinski definition) is 3. The van der Waals surface area contributed by atoms with Crippen LogP contribution in [0, 0.1) is 0 Å². The zero-order valence-corrected chi connectivity index (χ0v) is 12.0. The lowest BCUT2D eigenvalue weighted by Gasteiger charge is -2.17. The van der Waals surface area contributed by atoms with Crippen LogP contribution < -0.4 is 11.3 Å². The van der Waals surface area contributed by atoms with Crippen LogP contribution in [0.3, 0.4) is 0 Å². The fourth-order valence-electron chi connectivity index (χ4n) is 2.64. The molecule has 0 saturated carbocycles. The molecule has 19 heavy (non-hydrogen) atoms. The summed E-state index contributed by atoms with van der Waals surface area (Å²) < 4.78 is 5.63. The summed E-state index contributed by atoms with van der Waals surface area (Å²) in [7, 11) is 0. The predicted octanol–water partition coefficient (Wildman–Crippen LogP) is 3.06. The molecule has 1 aromatic carbocycles. The molecule has 0 aliphatic carbocycles. The summed E-state index contributed by atoms with van der Waals surface area (Å²) >= 11 is 6.17. The maximum absolute atomic E-state index is 6.17. The molecule has 3 nitrogen and oxygen atoms in total. The molecular formula is C15H23ClN2O. The zero-order chi connectivity index (χ0) is 13.5. The molecule has 106 valence electrons. The summed E-state index contributed by atoms with van der Waals surface area (Å²) in [6, 6.07) is 8.24. The Morgan fingerprint density at radius 3 is 2.95 bits per heavy atom. The quantitative estimate of drug-likeness (QED) is 0.597. The van der Waals surface area contributed by atoms with Crippen LogP contribution in [0.4, 0.5) is 0 Å². The molecule has 2 rings (SSSR count). The number of hydrazine groups is 1. The molecule has 1 fully saturated rings. The number of nitrogens with two attached hydrogens (primary N) is 1. The summed E-state index contributed by atoms with van der Waals surface area (Å²) in [6.07, 6.45) is 7.11. The molecule has 4 heteroatoms. The fraction of sp³-hybridized carbons (Fsp3) is 0.600. The Bertz CT molecular complexity index is 380. The van der Waals surface area contributed by atoms with Crippen LogP contribution in [0.25, 0.3) is 0 Å². The van der Waals surface area contributed by atoms with Crippen molar-refractivity contribution in [2.45, 2.75) is 50.7 Å². The van der Waals surface area contributed by atoms with E-state index >= 15 is 0 Å². The van der Waals surface area contributed by atoms with Gasteiger partial charge in [-0.2, -0.15) is 0 Å². The first-order chi connectivity index (χ1) is 9.29. The third-order valence-corrected chi connectivity index (χ3v) is 4.13. The summed E-state index contributed by atoms with van der Waals surface area (Å²) in [5, 5.41) is 0.821. The minimum absolute atomic E-state index is 0.279. The van der Waals surface area contributed by atoms with Crippen molar-refractivity contribution in [2.24, 2.45) is 5.84 Å². The van der Waals surface area contributed by atoms with E-state index in [0.717, 1.165) is 42.9 Å². The van der Waals surface area contributed by atoms with Crippen molar-refractivity contribution in [2.75, 3.05) is 6.61 Å². The number of benzene rings is 1. The van der Waals surface area contributed by atoms with Crippen molar-refractivity contribution in [3.8, 4) is 0 Å². The number of ether oxygens (including phenoxy) is 1. The third-order valence-electron chi connectivity index (χ3n) is 3.76. The number of nitrogens with one attached hydrogen (secondary N) is 1. The summed E-state index contributed by atoms with van der Waals surface area (Å²) in [4.78, 5) is 0. The molecule has 3 N–H and O–H groups in total. The Morgan fingerprint density at radius 1 is 1.42 bits per heavy atom. The minimum atomic E-state index is 0.279. The average molecular weight is 283 g/mol. The molecule has 1 heterocycles. The number of halogens is 1. The van der Waals surface area contributed by atoms with Gasteiger partial charge in [-0.05, 0) is 50.2 Å². The minimum Gasteiger partial charge on any atom is -0.378 e. The second-order valence-corrected chi connectivity index (χ2v) is 5.63. The average Bonchev–Trinajstić information content (AvgIpc) is 2.93. The molecule has 1 aliphatic heterocycles. The number of hydrogen-bond donors (Lipinski definition) is 2. The molecular weight excluding hydrogens is 260 g/mol. The molecule has 0 aromatic heterocycles. The van der Waals surface area contributed by atoms with E-state index < -0.39 is 0 Å². The van der Waals surface area contributed by atoms with Gasteiger partial charge in [0, 0.05) is 17.7 Å². The van der Waals surface area contributed by atoms with Crippen molar-refractivity contribution < 1.29 is 4.74 Å². The maximum atomic E-state index is 6.17. The Hall–Kier alpha value is -0.610. The van der Waals surface area contributed by atoms with E-state index in [2.05, 4.69) is 11.5 Å². The maximum Gasteiger partial charge on any atom is 0.0576 e. The van der Waals surface area contributed by atoms with Gasteiger partial charge in [-0.15, -0.1) is 0 Å². The predicted molar refractivity (Wildman–Crippen MR) is 79.1 cm³/mol. The van der Waals surface area contributed by atoms with Crippen molar-refractivity contribution >= 4 is 11.6 Å². The summed E-state index contributed by atoms with van der Waals surface area (Å²) in [5.74, 6) is 5.64. The molecule has 0 spiro atoms. The van der Waals surface area contributed by atoms with E-state index in [1.165, 1.54) is 12.8 Å². The Balaban J connectivity index is 1.75. The van der Waals surface area contributed by atoms with Crippen molar-refractivity contribution in [3.05, 3.63) is 34.9 Å². The lowest BCUT2D eigenvalue weighted by Crippen LogP contribution is -2.36. The highest BCUT2D eigenvalue weighted by atomic mass is 35.5. The fourth-order valence-corrected chi connectivity index (χ4v) is 2.85. The second-order valence-electron chi connectivity index (χ2n) is 5.23. The molecule has 1 aliphatic rings. The van der Waals surface area contributed by atoms with Gasteiger partial charge in [-0.25, -0.2) is 0 Å². The highest BCUT2D eigenvalue weighted by Crippen LogP contribution is 2.20. The van der Waals surface area contributed by atoms with Crippen molar-refractivity contribution in [1.82, 2.24) is 5.43 Å². The van der Waals surface area contributed by atoms with Gasteiger partial charge in [-0.1, -0.05) is 29.8 Å². The van der Waals surface area contributed by atoms with E-state index in [9.17, 15) is 0 Å². The van der Waals surface area contributed by atoms with Crippen LogP contribution in [-0.4, -0.2) is 18.8 Å². The van der Waals surface area contributed by atoms with E-state index in [4.69, 9.17) is 22.2 Å².